The lowest BCUT2D eigenvalue weighted by molar-refractivity contribution is 0.0702. The molecule has 146 valence electrons. The average molecular weight is 386 g/mol. The minimum atomic E-state index is -0.831. The van der Waals surface area contributed by atoms with Gasteiger partial charge in [-0.1, -0.05) is 36.7 Å². The first-order chi connectivity index (χ1) is 12.7. The number of carboxylic acid groups (broad SMARTS) is 1. The summed E-state index contributed by atoms with van der Waals surface area (Å²) in [4.78, 5) is 15.6. The first kappa shape index (κ1) is 20.2. The highest BCUT2D eigenvalue weighted by Crippen LogP contribution is 2.40. The molecule has 1 saturated carbocycles. The summed E-state index contributed by atoms with van der Waals surface area (Å²) in [7, 11) is 2.13. The van der Waals surface area contributed by atoms with E-state index in [1.54, 1.807) is 0 Å². The van der Waals surface area contributed by atoms with Crippen molar-refractivity contribution in [1.29, 1.82) is 0 Å². The van der Waals surface area contributed by atoms with Crippen LogP contribution in [-0.2, 0) is 0 Å². The van der Waals surface area contributed by atoms with Crippen molar-refractivity contribution in [3.8, 4) is 11.8 Å². The number of nitrogens with zero attached hydrogens (tertiary/aromatic N) is 1. The molecule has 2 heterocycles. The second kappa shape index (κ2) is 8.20. The van der Waals surface area contributed by atoms with Gasteiger partial charge in [-0.15, -0.1) is 11.3 Å². The molecule has 3 nitrogen and oxygen atoms in total. The van der Waals surface area contributed by atoms with Crippen LogP contribution >= 0.6 is 11.3 Å². The molecule has 1 aromatic rings. The van der Waals surface area contributed by atoms with E-state index in [1.807, 2.05) is 6.07 Å². The number of hydrogen-bond donors (Lipinski definition) is 1. The van der Waals surface area contributed by atoms with Gasteiger partial charge in [-0.05, 0) is 64.6 Å². The summed E-state index contributed by atoms with van der Waals surface area (Å²) < 4.78 is 0. The van der Waals surface area contributed by atoms with Crippen molar-refractivity contribution in [2.24, 2.45) is 11.3 Å². The Bertz CT molecular complexity index is 795. The molecule has 3 rings (SSSR count). The van der Waals surface area contributed by atoms with Crippen LogP contribution in [0.2, 0.25) is 0 Å². The second-order valence-corrected chi connectivity index (χ2v) is 10.0. The standard InChI is InChI=1S/C23H31NO2S/c1-23(2,3)12-10-17-14-19(21(27-17)22(25)26)20-15-24(4)13-11-18(20)16-8-6-5-7-9-16/h14,16H,5-9,11,13,15H2,1-4H3,(H,25,26). The van der Waals surface area contributed by atoms with Crippen molar-refractivity contribution < 1.29 is 9.90 Å². The Morgan fingerprint density at radius 2 is 1.96 bits per heavy atom. The van der Waals surface area contributed by atoms with Gasteiger partial charge in [-0.25, -0.2) is 4.79 Å². The molecule has 1 fully saturated rings. The van der Waals surface area contributed by atoms with E-state index in [4.69, 9.17) is 0 Å². The number of aromatic carboxylic acids is 1. The van der Waals surface area contributed by atoms with Crippen LogP contribution in [0.15, 0.2) is 11.6 Å². The van der Waals surface area contributed by atoms with Gasteiger partial charge in [0, 0.05) is 24.1 Å². The molecule has 1 aromatic heterocycles. The fourth-order valence-electron chi connectivity index (χ4n) is 4.16. The Hall–Kier alpha value is -1.57. The highest BCUT2D eigenvalue weighted by molar-refractivity contribution is 7.14. The molecule has 0 saturated heterocycles. The zero-order valence-corrected chi connectivity index (χ0v) is 17.8. The molecule has 0 aromatic carbocycles. The van der Waals surface area contributed by atoms with Gasteiger partial charge in [0.05, 0.1) is 4.88 Å². The smallest absolute Gasteiger partial charge is 0.346 e. The van der Waals surface area contributed by atoms with Gasteiger partial charge in [0.1, 0.15) is 4.88 Å². The number of carbonyl (C=O) groups is 1. The van der Waals surface area contributed by atoms with E-state index >= 15 is 0 Å². The van der Waals surface area contributed by atoms with Gasteiger partial charge in [-0.2, -0.15) is 0 Å². The molecule has 1 aliphatic heterocycles. The predicted molar refractivity (Wildman–Crippen MR) is 113 cm³/mol. The Labute approximate surface area is 167 Å². The van der Waals surface area contributed by atoms with Gasteiger partial charge < -0.3 is 10.0 Å². The summed E-state index contributed by atoms with van der Waals surface area (Å²) >= 11 is 1.33. The molecule has 4 heteroatoms. The number of hydrogen-bond acceptors (Lipinski definition) is 3. The predicted octanol–water partition coefficient (Wildman–Crippen LogP) is 5.51. The minimum Gasteiger partial charge on any atom is -0.477 e. The summed E-state index contributed by atoms with van der Waals surface area (Å²) in [5.74, 6) is 6.26. The van der Waals surface area contributed by atoms with E-state index in [0.717, 1.165) is 30.0 Å². The fourth-order valence-corrected chi connectivity index (χ4v) is 5.04. The SMILES string of the molecule is CN1CCC(C2CCCCC2)=C(c2cc(C#CC(C)(C)C)sc2C(=O)O)C1. The van der Waals surface area contributed by atoms with Crippen LogP contribution in [0.1, 0.15) is 79.4 Å². The highest BCUT2D eigenvalue weighted by Gasteiger charge is 2.28. The number of likely N-dealkylation sites (N-methyl/N-ethyl adjacent to an activating group) is 1. The second-order valence-electron chi connectivity index (χ2n) is 8.99. The zero-order chi connectivity index (χ0) is 19.6. The van der Waals surface area contributed by atoms with Crippen LogP contribution in [0.5, 0.6) is 0 Å². The van der Waals surface area contributed by atoms with Crippen molar-refractivity contribution in [2.45, 2.75) is 59.3 Å². The molecule has 0 atom stereocenters. The molecular weight excluding hydrogens is 354 g/mol. The van der Waals surface area contributed by atoms with Gasteiger partial charge >= 0.3 is 5.97 Å². The van der Waals surface area contributed by atoms with Crippen LogP contribution in [0, 0.1) is 23.2 Å². The Morgan fingerprint density at radius 3 is 2.59 bits per heavy atom. The quantitative estimate of drug-likeness (QED) is 0.697. The zero-order valence-electron chi connectivity index (χ0n) is 17.0. The van der Waals surface area contributed by atoms with Crippen molar-refractivity contribution in [1.82, 2.24) is 4.90 Å². The van der Waals surface area contributed by atoms with Crippen LogP contribution in [0.3, 0.4) is 0 Å². The lowest BCUT2D eigenvalue weighted by Crippen LogP contribution is -2.30. The normalized spacial score (nSPS) is 19.7. The third-order valence-corrected chi connectivity index (χ3v) is 6.53. The van der Waals surface area contributed by atoms with Crippen molar-refractivity contribution in [3.63, 3.8) is 0 Å². The molecule has 0 bridgehead atoms. The van der Waals surface area contributed by atoms with Gasteiger partial charge in [0.25, 0.3) is 0 Å². The van der Waals surface area contributed by atoms with E-state index < -0.39 is 5.97 Å². The van der Waals surface area contributed by atoms with Crippen molar-refractivity contribution in [2.75, 3.05) is 20.1 Å². The third kappa shape index (κ3) is 5.03. The van der Waals surface area contributed by atoms with Crippen molar-refractivity contribution in [3.05, 3.63) is 27.0 Å². The monoisotopic (exact) mass is 385 g/mol. The van der Waals surface area contributed by atoms with E-state index in [-0.39, 0.29) is 5.41 Å². The summed E-state index contributed by atoms with van der Waals surface area (Å²) in [6.45, 7) is 8.14. The lowest BCUT2D eigenvalue weighted by atomic mass is 9.78. The molecular formula is C23H31NO2S. The molecule has 0 radical (unpaired) electrons. The molecule has 0 spiro atoms. The summed E-state index contributed by atoms with van der Waals surface area (Å²) in [5, 5.41) is 9.83. The Balaban J connectivity index is 2.06. The Morgan fingerprint density at radius 1 is 1.26 bits per heavy atom. The van der Waals surface area contributed by atoms with Crippen LogP contribution in [-0.4, -0.2) is 36.1 Å². The fraction of sp³-hybridized carbons (Fsp3) is 0.609. The van der Waals surface area contributed by atoms with E-state index in [0.29, 0.717) is 10.8 Å². The first-order valence-corrected chi connectivity index (χ1v) is 10.9. The van der Waals surface area contributed by atoms with E-state index in [2.05, 4.69) is 44.6 Å². The number of rotatable bonds is 3. The molecule has 1 N–H and O–H groups in total. The number of carboxylic acids is 1. The summed E-state index contributed by atoms with van der Waals surface area (Å²) in [5.41, 5.74) is 3.60. The van der Waals surface area contributed by atoms with Crippen LogP contribution in [0.4, 0.5) is 0 Å². The molecule has 0 amide bonds. The first-order valence-electron chi connectivity index (χ1n) is 10.1. The topological polar surface area (TPSA) is 40.5 Å². The van der Waals surface area contributed by atoms with E-state index in [1.165, 1.54) is 54.6 Å². The van der Waals surface area contributed by atoms with Gasteiger partial charge in [-0.3, -0.25) is 0 Å². The molecule has 1 aliphatic carbocycles. The largest absolute Gasteiger partial charge is 0.477 e. The molecule has 2 aliphatic rings. The van der Waals surface area contributed by atoms with Crippen LogP contribution in [0.25, 0.3) is 5.57 Å². The van der Waals surface area contributed by atoms with Gasteiger partial charge in [0.2, 0.25) is 0 Å². The lowest BCUT2D eigenvalue weighted by Gasteiger charge is -2.34. The highest BCUT2D eigenvalue weighted by atomic mass is 32.1. The maximum absolute atomic E-state index is 12.0. The molecule has 0 unspecified atom stereocenters. The van der Waals surface area contributed by atoms with Crippen LogP contribution < -0.4 is 0 Å². The summed E-state index contributed by atoms with van der Waals surface area (Å²) in [6.07, 6.45) is 7.51. The molecule has 27 heavy (non-hydrogen) atoms. The minimum absolute atomic E-state index is 0.0921. The van der Waals surface area contributed by atoms with Gasteiger partial charge in [0.15, 0.2) is 0 Å². The third-order valence-electron chi connectivity index (χ3n) is 5.49. The number of thiophene rings is 1. The van der Waals surface area contributed by atoms with Crippen molar-refractivity contribution >= 4 is 22.9 Å². The Kier molecular flexibility index (Phi) is 6.13. The van der Waals surface area contributed by atoms with E-state index in [9.17, 15) is 9.90 Å². The maximum atomic E-state index is 12.0. The summed E-state index contributed by atoms with van der Waals surface area (Å²) in [6, 6.07) is 2.03. The average Bonchev–Trinajstić information content (AvgIpc) is 3.05. The maximum Gasteiger partial charge on any atom is 0.346 e.